The largest absolute Gasteiger partial charge is 0.777 e. The van der Waals surface area contributed by atoms with Gasteiger partial charge in [-0.3, -0.25) is 13.9 Å². The number of aliphatic hydroxyl groups is 4. The van der Waals surface area contributed by atoms with Crippen molar-refractivity contribution in [3.05, 3.63) is 22.7 Å². The van der Waals surface area contributed by atoms with Gasteiger partial charge in [0.05, 0.1) is 32.0 Å². The summed E-state index contributed by atoms with van der Waals surface area (Å²) in [4.78, 5) is 61.4. The fraction of sp³-hybridized carbons (Fsp3) is 0.737. The number of anilines is 1. The van der Waals surface area contributed by atoms with Crippen LogP contribution in [0.3, 0.4) is 0 Å². The SMILES string of the molecule is CC(=O)N[C@H]1C(OCCO)O[C@@H](C(OP(=O)([O-])OC[C@H]2O[C@@H](n3ccc(N)nc3=O)C(O)[C@H]2O)P(=O)([O-])O)C[C@@H]1O. The van der Waals surface area contributed by atoms with Crippen LogP contribution in [0.4, 0.5) is 5.82 Å². The first-order chi connectivity index (χ1) is 19.0. The normalized spacial score (nSPS) is 34.0. The minimum absolute atomic E-state index is 0.135. The van der Waals surface area contributed by atoms with Gasteiger partial charge >= 0.3 is 5.69 Å². The van der Waals surface area contributed by atoms with E-state index >= 15 is 0 Å². The van der Waals surface area contributed by atoms with Crippen LogP contribution in [-0.2, 0) is 37.2 Å². The maximum absolute atomic E-state index is 12.6. The molecule has 20 nitrogen and oxygen atoms in total. The van der Waals surface area contributed by atoms with Gasteiger partial charge in [-0.15, -0.1) is 0 Å². The van der Waals surface area contributed by atoms with Gasteiger partial charge in [-0.1, -0.05) is 0 Å². The maximum Gasteiger partial charge on any atom is 0.351 e. The molecule has 234 valence electrons. The second-order valence-electron chi connectivity index (χ2n) is 9.06. The highest BCUT2D eigenvalue weighted by molar-refractivity contribution is 7.52. The molecular formula is C19H30N4O16P2-2. The lowest BCUT2D eigenvalue weighted by Crippen LogP contribution is -2.59. The lowest BCUT2D eigenvalue weighted by atomic mass is 10.00. The summed E-state index contributed by atoms with van der Waals surface area (Å²) in [5.41, 5.74) is 4.45. The second kappa shape index (κ2) is 13.6. The number of amides is 1. The van der Waals surface area contributed by atoms with E-state index in [1.807, 2.05) is 0 Å². The summed E-state index contributed by atoms with van der Waals surface area (Å²) in [7, 11) is -11.4. The summed E-state index contributed by atoms with van der Waals surface area (Å²) in [6.07, 6.45) is -11.3. The van der Waals surface area contributed by atoms with E-state index in [1.165, 1.54) is 6.07 Å². The fourth-order valence-corrected chi connectivity index (χ4v) is 6.38. The standard InChI is InChI=1S/C19H32N4O16P2/c1-8(25)21-13-9(26)6-10(38-17(13)35-5-4-24)18(40(30,31)32)39-41(33,34)36-7-11-14(27)15(28)16(37-11)23-3-2-12(20)22-19(23)29/h2-3,9-11,13-18,24,26-28H,4-7H2,1H3,(H,21,25)(H,33,34)(H2,20,22,29)(H2,30,31,32)/p-2/t9-,10+,11+,13+,14-,15?,16+,17?,18?/m0/s1. The quantitative estimate of drug-likeness (QED) is 0.106. The number of phosphoric ester groups is 1. The average Bonchev–Trinajstić information content (AvgIpc) is 3.14. The van der Waals surface area contributed by atoms with E-state index in [1.54, 1.807) is 0 Å². The number of phosphoric acid groups is 1. The molecule has 1 aromatic heterocycles. The van der Waals surface area contributed by atoms with E-state index in [-0.39, 0.29) is 5.82 Å². The molecule has 41 heavy (non-hydrogen) atoms. The number of nitrogens with one attached hydrogen (secondary N) is 1. The van der Waals surface area contributed by atoms with Gasteiger partial charge < -0.3 is 74.0 Å². The van der Waals surface area contributed by atoms with E-state index in [0.29, 0.717) is 0 Å². The Morgan fingerprint density at radius 2 is 1.98 bits per heavy atom. The zero-order valence-corrected chi connectivity index (χ0v) is 23.1. The van der Waals surface area contributed by atoms with Crippen LogP contribution in [0, 0.1) is 0 Å². The number of aliphatic hydroxyl groups excluding tert-OH is 4. The van der Waals surface area contributed by atoms with E-state index < -0.39 is 108 Å². The molecule has 8 N–H and O–H groups in total. The van der Waals surface area contributed by atoms with Crippen LogP contribution in [-0.4, -0.2) is 109 Å². The molecular weight excluding hydrogens is 602 g/mol. The van der Waals surface area contributed by atoms with Crippen molar-refractivity contribution >= 4 is 27.1 Å². The molecule has 0 aliphatic carbocycles. The molecule has 3 rings (SSSR count). The number of ether oxygens (including phenoxy) is 3. The molecule has 2 aliphatic heterocycles. The van der Waals surface area contributed by atoms with Crippen molar-refractivity contribution < 1.29 is 72.3 Å². The Balaban J connectivity index is 1.71. The summed E-state index contributed by atoms with van der Waals surface area (Å²) in [6.45, 7) is -0.867. The lowest BCUT2D eigenvalue weighted by molar-refractivity contribution is -0.268. The zero-order chi connectivity index (χ0) is 30.7. The Hall–Kier alpha value is -1.87. The van der Waals surface area contributed by atoms with Crippen molar-refractivity contribution in [3.8, 4) is 0 Å². The Bertz CT molecular complexity index is 1210. The monoisotopic (exact) mass is 632 g/mol. The molecule has 2 fully saturated rings. The second-order valence-corrected chi connectivity index (χ2v) is 12.1. The Labute approximate surface area is 231 Å². The first kappa shape index (κ1) is 33.6. The molecule has 2 aliphatic rings. The molecule has 0 saturated carbocycles. The summed E-state index contributed by atoms with van der Waals surface area (Å²) in [6, 6.07) is -0.0637. The number of carbonyl (C=O) groups excluding carboxylic acids is 1. The molecule has 0 radical (unpaired) electrons. The molecule has 1 aromatic rings. The Morgan fingerprint density at radius 3 is 2.56 bits per heavy atom. The van der Waals surface area contributed by atoms with Crippen LogP contribution in [0.25, 0.3) is 0 Å². The van der Waals surface area contributed by atoms with Crippen LogP contribution in [0.2, 0.25) is 0 Å². The first-order valence-corrected chi connectivity index (χ1v) is 15.0. The van der Waals surface area contributed by atoms with Crippen LogP contribution < -0.4 is 26.5 Å². The van der Waals surface area contributed by atoms with Gasteiger partial charge in [-0.05, 0) is 6.07 Å². The van der Waals surface area contributed by atoms with Crippen molar-refractivity contribution in [1.82, 2.24) is 14.9 Å². The average molecular weight is 632 g/mol. The van der Waals surface area contributed by atoms with Crippen molar-refractivity contribution in [3.63, 3.8) is 0 Å². The van der Waals surface area contributed by atoms with Crippen molar-refractivity contribution in [1.29, 1.82) is 0 Å². The highest BCUT2D eigenvalue weighted by atomic mass is 31.2. The van der Waals surface area contributed by atoms with Gasteiger partial charge in [0, 0.05) is 19.5 Å². The Kier molecular flexibility index (Phi) is 11.2. The summed E-state index contributed by atoms with van der Waals surface area (Å²) in [5.74, 6) is -3.44. The van der Waals surface area contributed by atoms with E-state index in [4.69, 9.17) is 25.1 Å². The molecule has 0 aromatic carbocycles. The van der Waals surface area contributed by atoms with E-state index in [0.717, 1.165) is 17.7 Å². The third kappa shape index (κ3) is 8.59. The number of nitrogen functional groups attached to an aromatic ring is 1. The van der Waals surface area contributed by atoms with Gasteiger partial charge in [0.15, 0.2) is 26.0 Å². The van der Waals surface area contributed by atoms with Crippen LogP contribution in [0.5, 0.6) is 0 Å². The molecule has 2 saturated heterocycles. The van der Waals surface area contributed by atoms with Gasteiger partial charge in [-0.2, -0.15) is 4.98 Å². The van der Waals surface area contributed by atoms with Gasteiger partial charge in [-0.25, -0.2) is 4.79 Å². The predicted molar refractivity (Wildman–Crippen MR) is 127 cm³/mol. The van der Waals surface area contributed by atoms with Gasteiger partial charge in [0.25, 0.3) is 7.82 Å². The van der Waals surface area contributed by atoms with Gasteiger partial charge in [0.1, 0.15) is 30.2 Å². The lowest BCUT2D eigenvalue weighted by Gasteiger charge is -2.44. The molecule has 3 heterocycles. The summed E-state index contributed by atoms with van der Waals surface area (Å²) >= 11 is 0. The number of carbonyl (C=O) groups is 1. The highest BCUT2D eigenvalue weighted by Gasteiger charge is 2.47. The number of hydrogen-bond acceptors (Lipinski definition) is 17. The van der Waals surface area contributed by atoms with Crippen LogP contribution in [0.15, 0.2) is 17.1 Å². The number of rotatable bonds is 12. The molecule has 11 atom stereocenters. The molecule has 0 bridgehead atoms. The number of nitrogens with zero attached hydrogens (tertiary/aromatic N) is 2. The minimum Gasteiger partial charge on any atom is -0.777 e. The van der Waals surface area contributed by atoms with Gasteiger partial charge in [0.2, 0.25) is 5.91 Å². The number of nitrogens with two attached hydrogens (primary N) is 1. The molecule has 0 spiro atoms. The van der Waals surface area contributed by atoms with Crippen molar-refractivity contribution in [2.75, 3.05) is 25.6 Å². The first-order valence-electron chi connectivity index (χ1n) is 11.9. The number of hydrogen-bond donors (Lipinski definition) is 7. The predicted octanol–water partition coefficient (Wildman–Crippen LogP) is -5.19. The zero-order valence-electron chi connectivity index (χ0n) is 21.3. The molecule has 1 amide bonds. The summed E-state index contributed by atoms with van der Waals surface area (Å²) in [5, 5.41) is 42.4. The van der Waals surface area contributed by atoms with Crippen molar-refractivity contribution in [2.45, 2.75) is 68.3 Å². The maximum atomic E-state index is 12.6. The topological polar surface area (TPSA) is 318 Å². The third-order valence-corrected chi connectivity index (χ3v) is 8.17. The molecule has 5 unspecified atom stereocenters. The van der Waals surface area contributed by atoms with Crippen LogP contribution in [0.1, 0.15) is 19.6 Å². The summed E-state index contributed by atoms with van der Waals surface area (Å²) < 4.78 is 50.5. The van der Waals surface area contributed by atoms with Crippen molar-refractivity contribution in [2.24, 2.45) is 0 Å². The fourth-order valence-electron chi connectivity index (χ4n) is 4.15. The minimum atomic E-state index is -5.73. The van der Waals surface area contributed by atoms with E-state index in [9.17, 15) is 48.7 Å². The van der Waals surface area contributed by atoms with Crippen LogP contribution >= 0.6 is 15.4 Å². The Morgan fingerprint density at radius 1 is 1.29 bits per heavy atom. The highest BCUT2D eigenvalue weighted by Crippen LogP contribution is 2.52. The smallest absolute Gasteiger partial charge is 0.351 e. The number of aromatic nitrogens is 2. The molecule has 22 heteroatoms. The van der Waals surface area contributed by atoms with E-state index in [2.05, 4.69) is 19.3 Å². The third-order valence-electron chi connectivity index (χ3n) is 5.97.